The summed E-state index contributed by atoms with van der Waals surface area (Å²) in [6.07, 6.45) is 5.49. The van der Waals surface area contributed by atoms with Gasteiger partial charge in [-0.25, -0.2) is 4.79 Å². The minimum atomic E-state index is -0.477. The van der Waals surface area contributed by atoms with E-state index in [1.807, 2.05) is 0 Å². The van der Waals surface area contributed by atoms with Gasteiger partial charge in [-0.1, -0.05) is 39.2 Å². The van der Waals surface area contributed by atoms with Crippen LogP contribution in [0.25, 0.3) is 0 Å². The van der Waals surface area contributed by atoms with Gasteiger partial charge in [0.2, 0.25) is 0 Å². The number of esters is 1. The van der Waals surface area contributed by atoms with Gasteiger partial charge >= 0.3 is 5.97 Å². The minimum absolute atomic E-state index is 0.390. The Hall–Kier alpha value is -0.830. The predicted octanol–water partition coefficient (Wildman–Crippen LogP) is 3.44. The van der Waals surface area contributed by atoms with E-state index in [1.165, 1.54) is 25.7 Å². The Kier molecular flexibility index (Phi) is 8.91. The topological polar surface area (TPSA) is 35.5 Å². The standard InChI is InChI=1S/C13H24O3/c1-5-6-7-8-9-10-15-12(4)16-13(14)11(2)3/h12H,2,5-10H2,1,3-4H3. The van der Waals surface area contributed by atoms with E-state index < -0.39 is 12.3 Å². The molecule has 0 saturated heterocycles. The van der Waals surface area contributed by atoms with Gasteiger partial charge < -0.3 is 9.47 Å². The van der Waals surface area contributed by atoms with E-state index in [0.717, 1.165) is 6.42 Å². The molecule has 0 aliphatic rings. The van der Waals surface area contributed by atoms with Crippen LogP contribution >= 0.6 is 0 Å². The van der Waals surface area contributed by atoms with Gasteiger partial charge in [0.05, 0.1) is 6.61 Å². The summed E-state index contributed by atoms with van der Waals surface area (Å²) >= 11 is 0. The molecule has 0 aromatic heterocycles. The van der Waals surface area contributed by atoms with Crippen LogP contribution in [-0.2, 0) is 14.3 Å². The molecule has 0 aromatic carbocycles. The Bertz CT molecular complexity index is 211. The fraction of sp³-hybridized carbons (Fsp3) is 0.769. The van der Waals surface area contributed by atoms with Gasteiger partial charge in [0, 0.05) is 5.57 Å². The molecule has 1 atom stereocenters. The molecule has 0 rings (SSSR count). The molecule has 0 aliphatic heterocycles. The monoisotopic (exact) mass is 228 g/mol. The number of carbonyl (C=O) groups excluding carboxylic acids is 1. The van der Waals surface area contributed by atoms with Gasteiger partial charge in [-0.2, -0.15) is 0 Å². The van der Waals surface area contributed by atoms with Crippen molar-refractivity contribution in [2.75, 3.05) is 6.61 Å². The minimum Gasteiger partial charge on any atom is -0.433 e. The molecule has 3 heteroatoms. The molecule has 3 nitrogen and oxygen atoms in total. The van der Waals surface area contributed by atoms with Crippen LogP contribution in [0.1, 0.15) is 52.9 Å². The van der Waals surface area contributed by atoms with Crippen molar-refractivity contribution in [3.8, 4) is 0 Å². The highest BCUT2D eigenvalue weighted by Crippen LogP contribution is 2.05. The highest BCUT2D eigenvalue weighted by atomic mass is 16.7. The molecule has 0 bridgehead atoms. The predicted molar refractivity (Wildman–Crippen MR) is 65.1 cm³/mol. The maximum Gasteiger partial charge on any atom is 0.335 e. The Balaban J connectivity index is 3.40. The van der Waals surface area contributed by atoms with Crippen molar-refractivity contribution in [3.05, 3.63) is 12.2 Å². The lowest BCUT2D eigenvalue weighted by atomic mass is 10.2. The second-order valence-electron chi connectivity index (χ2n) is 4.04. The van der Waals surface area contributed by atoms with E-state index in [-0.39, 0.29) is 0 Å². The normalized spacial score (nSPS) is 12.2. The van der Waals surface area contributed by atoms with Crippen LogP contribution in [0.15, 0.2) is 12.2 Å². The lowest BCUT2D eigenvalue weighted by Gasteiger charge is -2.13. The molecule has 0 aliphatic carbocycles. The van der Waals surface area contributed by atoms with Crippen LogP contribution in [0.3, 0.4) is 0 Å². The number of hydrogen-bond acceptors (Lipinski definition) is 3. The lowest BCUT2D eigenvalue weighted by Crippen LogP contribution is -2.18. The average Bonchev–Trinajstić information content (AvgIpc) is 2.23. The van der Waals surface area contributed by atoms with Gasteiger partial charge in [0.1, 0.15) is 0 Å². The maximum absolute atomic E-state index is 11.1. The summed E-state index contributed by atoms with van der Waals surface area (Å²) in [6.45, 7) is 9.70. The zero-order valence-corrected chi connectivity index (χ0v) is 10.8. The summed E-state index contributed by atoms with van der Waals surface area (Å²) in [6, 6.07) is 0. The first-order valence-electron chi connectivity index (χ1n) is 6.06. The van der Waals surface area contributed by atoms with Crippen molar-refractivity contribution >= 4 is 5.97 Å². The summed E-state index contributed by atoms with van der Waals surface area (Å²) < 4.78 is 10.3. The quantitative estimate of drug-likeness (QED) is 0.262. The lowest BCUT2D eigenvalue weighted by molar-refractivity contribution is -0.170. The SMILES string of the molecule is C=C(C)C(=O)OC(C)OCCCCCCC. The average molecular weight is 228 g/mol. The molecule has 0 heterocycles. The van der Waals surface area contributed by atoms with Gasteiger partial charge in [-0.15, -0.1) is 0 Å². The van der Waals surface area contributed by atoms with Crippen LogP contribution < -0.4 is 0 Å². The van der Waals surface area contributed by atoms with Crippen molar-refractivity contribution in [2.24, 2.45) is 0 Å². The molecule has 0 fully saturated rings. The first kappa shape index (κ1) is 15.2. The third-order valence-electron chi connectivity index (χ3n) is 2.22. The summed E-state index contributed by atoms with van der Waals surface area (Å²) in [7, 11) is 0. The van der Waals surface area contributed by atoms with Crippen LogP contribution in [0.2, 0.25) is 0 Å². The maximum atomic E-state index is 11.1. The highest BCUT2D eigenvalue weighted by molar-refractivity contribution is 5.86. The first-order valence-corrected chi connectivity index (χ1v) is 6.06. The zero-order chi connectivity index (χ0) is 12.4. The molecule has 0 aromatic rings. The third kappa shape index (κ3) is 8.48. The van der Waals surface area contributed by atoms with Crippen LogP contribution in [0, 0.1) is 0 Å². The largest absolute Gasteiger partial charge is 0.433 e. The number of hydrogen-bond donors (Lipinski definition) is 0. The highest BCUT2D eigenvalue weighted by Gasteiger charge is 2.09. The molecule has 0 saturated carbocycles. The smallest absolute Gasteiger partial charge is 0.335 e. The van der Waals surface area contributed by atoms with Crippen molar-refractivity contribution in [1.82, 2.24) is 0 Å². The second kappa shape index (κ2) is 9.40. The molecule has 0 radical (unpaired) electrons. The van der Waals surface area contributed by atoms with E-state index >= 15 is 0 Å². The Morgan fingerprint density at radius 1 is 1.25 bits per heavy atom. The number of unbranched alkanes of at least 4 members (excludes halogenated alkanes) is 4. The fourth-order valence-electron chi connectivity index (χ4n) is 1.24. The zero-order valence-electron chi connectivity index (χ0n) is 10.8. The Morgan fingerprint density at radius 3 is 2.44 bits per heavy atom. The van der Waals surface area contributed by atoms with Crippen LogP contribution in [0.5, 0.6) is 0 Å². The van der Waals surface area contributed by atoms with E-state index in [2.05, 4.69) is 13.5 Å². The van der Waals surface area contributed by atoms with Crippen LogP contribution in [-0.4, -0.2) is 18.9 Å². The molecule has 16 heavy (non-hydrogen) atoms. The van der Waals surface area contributed by atoms with Gasteiger partial charge in [0.25, 0.3) is 0 Å². The first-order chi connectivity index (χ1) is 7.57. The second-order valence-corrected chi connectivity index (χ2v) is 4.04. The fourth-order valence-corrected chi connectivity index (χ4v) is 1.24. The Labute approximate surface area is 98.8 Å². The molecule has 1 unspecified atom stereocenters. The number of ether oxygens (including phenoxy) is 2. The third-order valence-corrected chi connectivity index (χ3v) is 2.22. The molecule has 0 N–H and O–H groups in total. The van der Waals surface area contributed by atoms with Gasteiger partial charge in [0.15, 0.2) is 6.29 Å². The van der Waals surface area contributed by atoms with E-state index in [1.54, 1.807) is 13.8 Å². The van der Waals surface area contributed by atoms with Crippen molar-refractivity contribution in [2.45, 2.75) is 59.2 Å². The molecule has 94 valence electrons. The molecule has 0 spiro atoms. The van der Waals surface area contributed by atoms with E-state index in [0.29, 0.717) is 12.2 Å². The van der Waals surface area contributed by atoms with E-state index in [9.17, 15) is 4.79 Å². The summed E-state index contributed by atoms with van der Waals surface area (Å²) in [5.74, 6) is -0.390. The summed E-state index contributed by atoms with van der Waals surface area (Å²) in [4.78, 5) is 11.1. The summed E-state index contributed by atoms with van der Waals surface area (Å²) in [5.41, 5.74) is 0.401. The summed E-state index contributed by atoms with van der Waals surface area (Å²) in [5, 5.41) is 0. The molecular formula is C13H24O3. The van der Waals surface area contributed by atoms with Gasteiger partial charge in [-0.05, 0) is 20.3 Å². The number of carbonyl (C=O) groups is 1. The van der Waals surface area contributed by atoms with Crippen molar-refractivity contribution in [3.63, 3.8) is 0 Å². The van der Waals surface area contributed by atoms with Crippen molar-refractivity contribution in [1.29, 1.82) is 0 Å². The van der Waals surface area contributed by atoms with Crippen LogP contribution in [0.4, 0.5) is 0 Å². The molecular weight excluding hydrogens is 204 g/mol. The molecule has 0 amide bonds. The number of rotatable bonds is 9. The van der Waals surface area contributed by atoms with Crippen molar-refractivity contribution < 1.29 is 14.3 Å². The van der Waals surface area contributed by atoms with Gasteiger partial charge in [-0.3, -0.25) is 0 Å². The Morgan fingerprint density at radius 2 is 1.88 bits per heavy atom. The van der Waals surface area contributed by atoms with E-state index in [4.69, 9.17) is 9.47 Å².